The van der Waals surface area contributed by atoms with Gasteiger partial charge in [-0.1, -0.05) is 12.2 Å². The number of aromatic nitrogens is 4. The summed E-state index contributed by atoms with van der Waals surface area (Å²) in [7, 11) is 0. The first kappa shape index (κ1) is 17.3. The summed E-state index contributed by atoms with van der Waals surface area (Å²) >= 11 is 0. The zero-order valence-corrected chi connectivity index (χ0v) is 14.9. The zero-order chi connectivity index (χ0) is 17.6. The van der Waals surface area contributed by atoms with Gasteiger partial charge in [0.05, 0.1) is 18.4 Å². The Bertz CT molecular complexity index is 745. The quantitative estimate of drug-likeness (QED) is 0.793. The van der Waals surface area contributed by atoms with Gasteiger partial charge in [0.25, 0.3) is 0 Å². The first-order chi connectivity index (χ1) is 12.1. The molecule has 3 rings (SSSR count). The topological polar surface area (TPSA) is 76.8 Å². The van der Waals surface area contributed by atoms with Gasteiger partial charge in [0.15, 0.2) is 0 Å². The summed E-state index contributed by atoms with van der Waals surface area (Å²) in [6, 6.07) is 3.64. The van der Waals surface area contributed by atoms with Crippen LogP contribution >= 0.6 is 0 Å². The first-order valence-corrected chi connectivity index (χ1v) is 8.84. The van der Waals surface area contributed by atoms with Crippen molar-refractivity contribution < 1.29 is 4.79 Å². The summed E-state index contributed by atoms with van der Waals surface area (Å²) in [6.45, 7) is 5.99. The Hall–Kier alpha value is -2.57. The van der Waals surface area contributed by atoms with Gasteiger partial charge in [-0.3, -0.25) is 10.00 Å². The van der Waals surface area contributed by atoms with Crippen LogP contribution in [0.25, 0.3) is 0 Å². The molecule has 0 spiro atoms. The van der Waals surface area contributed by atoms with E-state index in [4.69, 9.17) is 0 Å². The van der Waals surface area contributed by atoms with E-state index in [-0.39, 0.29) is 6.03 Å². The Morgan fingerprint density at radius 2 is 2.20 bits per heavy atom. The van der Waals surface area contributed by atoms with E-state index in [1.165, 1.54) is 6.42 Å². The van der Waals surface area contributed by atoms with E-state index in [1.54, 1.807) is 6.20 Å². The van der Waals surface area contributed by atoms with E-state index in [2.05, 4.69) is 33.0 Å². The molecule has 0 fully saturated rings. The van der Waals surface area contributed by atoms with Crippen molar-refractivity contribution in [1.29, 1.82) is 0 Å². The minimum atomic E-state index is -0.216. The van der Waals surface area contributed by atoms with Crippen LogP contribution in [0.5, 0.6) is 0 Å². The third kappa shape index (κ3) is 4.71. The predicted molar refractivity (Wildman–Crippen MR) is 97.4 cm³/mol. The molecule has 1 atom stereocenters. The number of hydrogen-bond acceptors (Lipinski definition) is 3. The number of nitrogens with one attached hydrogen (secondary N) is 2. The summed E-state index contributed by atoms with van der Waals surface area (Å²) < 4.78 is 3.78. The lowest BCUT2D eigenvalue weighted by Gasteiger charge is -2.19. The third-order valence-corrected chi connectivity index (χ3v) is 4.48. The molecule has 7 nitrogen and oxygen atoms in total. The lowest BCUT2D eigenvalue weighted by atomic mass is 9.94. The van der Waals surface area contributed by atoms with Crippen molar-refractivity contribution in [3.63, 3.8) is 0 Å². The second-order valence-corrected chi connectivity index (χ2v) is 6.58. The van der Waals surface area contributed by atoms with E-state index in [0.29, 0.717) is 19.0 Å². The highest BCUT2D eigenvalue weighted by molar-refractivity contribution is 5.88. The number of rotatable bonds is 6. The van der Waals surface area contributed by atoms with E-state index >= 15 is 0 Å². The molecule has 2 amide bonds. The number of aryl methyl sites for hydroxylation is 2. The van der Waals surface area contributed by atoms with Crippen LogP contribution in [0.2, 0.25) is 0 Å². The number of amides is 2. The molecule has 25 heavy (non-hydrogen) atoms. The maximum absolute atomic E-state index is 12.1. The van der Waals surface area contributed by atoms with Crippen molar-refractivity contribution in [2.24, 2.45) is 5.92 Å². The molecule has 1 aliphatic rings. The average Bonchev–Trinajstić information content (AvgIpc) is 3.14. The fraction of sp³-hybridized carbons (Fsp3) is 0.500. The average molecular weight is 342 g/mol. The highest BCUT2D eigenvalue weighted by Crippen LogP contribution is 2.21. The molecule has 134 valence electrons. The SMILES string of the molecule is Cc1cc(C)n(CCNC(=O)Nc2ccnn2C[C@H]2CC=CCC2)n1. The van der Waals surface area contributed by atoms with Gasteiger partial charge in [-0.05, 0) is 45.1 Å². The van der Waals surface area contributed by atoms with Gasteiger partial charge in [-0.2, -0.15) is 10.2 Å². The van der Waals surface area contributed by atoms with Crippen LogP contribution in [-0.4, -0.2) is 32.1 Å². The maximum atomic E-state index is 12.1. The highest BCUT2D eigenvalue weighted by atomic mass is 16.2. The van der Waals surface area contributed by atoms with Gasteiger partial charge in [0.1, 0.15) is 5.82 Å². The lowest BCUT2D eigenvalue weighted by molar-refractivity contribution is 0.251. The molecular weight excluding hydrogens is 316 g/mol. The summed E-state index contributed by atoms with van der Waals surface area (Å²) in [5.74, 6) is 1.32. The van der Waals surface area contributed by atoms with Crippen LogP contribution in [0.15, 0.2) is 30.5 Å². The number of urea groups is 1. The summed E-state index contributed by atoms with van der Waals surface area (Å²) in [6.07, 6.45) is 9.57. The van der Waals surface area contributed by atoms with Gasteiger partial charge in [-0.15, -0.1) is 0 Å². The number of hydrogen-bond donors (Lipinski definition) is 2. The Labute approximate surface area is 148 Å². The molecule has 0 aromatic carbocycles. The molecule has 2 N–H and O–H groups in total. The van der Waals surface area contributed by atoms with Gasteiger partial charge >= 0.3 is 6.03 Å². The molecule has 2 aromatic rings. The summed E-state index contributed by atoms with van der Waals surface area (Å²) in [5, 5.41) is 14.5. The maximum Gasteiger partial charge on any atom is 0.320 e. The Kier molecular flexibility index (Phi) is 5.53. The van der Waals surface area contributed by atoms with Crippen LogP contribution in [0, 0.1) is 19.8 Å². The fourth-order valence-electron chi connectivity index (χ4n) is 3.19. The van der Waals surface area contributed by atoms with E-state index in [1.807, 2.05) is 35.3 Å². The minimum Gasteiger partial charge on any atom is -0.336 e. The number of allylic oxidation sites excluding steroid dienone is 2. The van der Waals surface area contributed by atoms with Gasteiger partial charge in [0, 0.05) is 24.8 Å². The van der Waals surface area contributed by atoms with Crippen molar-refractivity contribution in [3.05, 3.63) is 41.9 Å². The summed E-state index contributed by atoms with van der Waals surface area (Å²) in [5.41, 5.74) is 2.09. The van der Waals surface area contributed by atoms with Crippen molar-refractivity contribution >= 4 is 11.8 Å². The molecule has 1 aliphatic carbocycles. The minimum absolute atomic E-state index is 0.216. The van der Waals surface area contributed by atoms with Crippen LogP contribution in [0.1, 0.15) is 30.7 Å². The fourth-order valence-corrected chi connectivity index (χ4v) is 3.19. The van der Waals surface area contributed by atoms with Crippen LogP contribution < -0.4 is 10.6 Å². The molecule has 0 saturated carbocycles. The largest absolute Gasteiger partial charge is 0.336 e. The van der Waals surface area contributed by atoms with E-state index < -0.39 is 0 Å². The second kappa shape index (κ2) is 8.00. The number of nitrogens with zero attached hydrogens (tertiary/aromatic N) is 4. The van der Waals surface area contributed by atoms with Crippen LogP contribution in [0.3, 0.4) is 0 Å². The van der Waals surface area contributed by atoms with Gasteiger partial charge in [0.2, 0.25) is 0 Å². The van der Waals surface area contributed by atoms with Crippen molar-refractivity contribution in [2.45, 2.75) is 46.2 Å². The molecule has 2 heterocycles. The molecule has 0 saturated heterocycles. The van der Waals surface area contributed by atoms with Gasteiger partial charge in [-0.25, -0.2) is 9.48 Å². The molecule has 0 radical (unpaired) electrons. The monoisotopic (exact) mass is 342 g/mol. The standard InChI is InChI=1S/C18H26N6O/c1-14-12-15(2)23(22-14)11-10-19-18(25)21-17-8-9-20-24(17)13-16-6-4-3-5-7-16/h3-4,8-9,12,16H,5-7,10-11,13H2,1-2H3,(H2,19,21,25)/t16-/m0/s1. The molecule has 0 aliphatic heterocycles. The van der Waals surface area contributed by atoms with Crippen LogP contribution in [-0.2, 0) is 13.1 Å². The van der Waals surface area contributed by atoms with Crippen molar-refractivity contribution in [2.75, 3.05) is 11.9 Å². The van der Waals surface area contributed by atoms with Crippen molar-refractivity contribution in [1.82, 2.24) is 24.9 Å². The molecule has 7 heteroatoms. The van der Waals surface area contributed by atoms with Crippen LogP contribution in [0.4, 0.5) is 10.6 Å². The molecule has 0 bridgehead atoms. The van der Waals surface area contributed by atoms with Crippen molar-refractivity contribution in [3.8, 4) is 0 Å². The first-order valence-electron chi connectivity index (χ1n) is 8.84. The third-order valence-electron chi connectivity index (χ3n) is 4.48. The number of carbonyl (C=O) groups is 1. The van der Waals surface area contributed by atoms with Gasteiger partial charge < -0.3 is 5.32 Å². The lowest BCUT2D eigenvalue weighted by Crippen LogP contribution is -2.32. The van der Waals surface area contributed by atoms with E-state index in [9.17, 15) is 4.79 Å². The summed E-state index contributed by atoms with van der Waals surface area (Å²) in [4.78, 5) is 12.1. The second-order valence-electron chi connectivity index (χ2n) is 6.58. The molecule has 2 aromatic heterocycles. The Morgan fingerprint density at radius 1 is 1.32 bits per heavy atom. The van der Waals surface area contributed by atoms with E-state index in [0.717, 1.165) is 36.6 Å². The Balaban J connectivity index is 1.47. The zero-order valence-electron chi connectivity index (χ0n) is 14.9. The predicted octanol–water partition coefficient (Wildman–Crippen LogP) is 2.87. The molecule has 0 unspecified atom stereocenters. The number of anilines is 1. The molecular formula is C18H26N6O. The normalized spacial score (nSPS) is 16.8. The smallest absolute Gasteiger partial charge is 0.320 e. The number of carbonyl (C=O) groups excluding carboxylic acids is 1. The highest BCUT2D eigenvalue weighted by Gasteiger charge is 2.14. The Morgan fingerprint density at radius 3 is 2.92 bits per heavy atom.